The Kier molecular flexibility index (Phi) is 4.34. The van der Waals surface area contributed by atoms with E-state index in [0.29, 0.717) is 11.6 Å². The molecule has 2 aromatic rings. The molecule has 3 rings (SSSR count). The maximum Gasteiger partial charge on any atom is 0.247 e. The average molecular weight is 297 g/mol. The molecule has 1 aliphatic rings. The molecular formula is C17H19N3O2. The van der Waals surface area contributed by atoms with Crippen molar-refractivity contribution in [3.8, 4) is 0 Å². The molecule has 1 aliphatic carbocycles. The van der Waals surface area contributed by atoms with Gasteiger partial charge in [-0.05, 0) is 25.3 Å². The fraction of sp³-hybridized carbons (Fsp3) is 0.294. The lowest BCUT2D eigenvalue weighted by Gasteiger charge is -2.22. The number of hydrogen-bond donors (Lipinski definition) is 2. The van der Waals surface area contributed by atoms with Crippen LogP contribution >= 0.6 is 0 Å². The number of benzene rings is 1. The Balaban J connectivity index is 1.76. The van der Waals surface area contributed by atoms with E-state index >= 15 is 0 Å². The number of rotatable bonds is 5. The van der Waals surface area contributed by atoms with Crippen LogP contribution in [0.1, 0.15) is 30.2 Å². The highest BCUT2D eigenvalue weighted by molar-refractivity contribution is 5.94. The molecule has 114 valence electrons. The minimum Gasteiger partial charge on any atom is -0.360 e. The van der Waals surface area contributed by atoms with Crippen molar-refractivity contribution >= 4 is 11.7 Å². The SMILES string of the molecule is Cc1cc(NC(=O)C(NC2CC=CC2)c2ccccc2)no1. The van der Waals surface area contributed by atoms with Crippen LogP contribution in [0.15, 0.2) is 53.1 Å². The topological polar surface area (TPSA) is 67.2 Å². The number of carbonyl (C=O) groups is 1. The van der Waals surface area contributed by atoms with Crippen molar-refractivity contribution in [3.63, 3.8) is 0 Å². The standard InChI is InChI=1S/C17H19N3O2/c1-12-11-15(20-22-12)19-17(21)16(13-7-3-2-4-8-13)18-14-9-5-6-10-14/h2-8,11,14,16,18H,9-10H2,1H3,(H,19,20,21). The normalized spacial score (nSPS) is 15.9. The highest BCUT2D eigenvalue weighted by Gasteiger charge is 2.24. The van der Waals surface area contributed by atoms with Gasteiger partial charge in [0.1, 0.15) is 11.8 Å². The second kappa shape index (κ2) is 6.58. The van der Waals surface area contributed by atoms with Crippen LogP contribution in [0.5, 0.6) is 0 Å². The second-order valence-electron chi connectivity index (χ2n) is 5.46. The molecule has 2 N–H and O–H groups in total. The molecule has 1 aromatic carbocycles. The maximum atomic E-state index is 12.6. The number of aryl methyl sites for hydroxylation is 1. The summed E-state index contributed by atoms with van der Waals surface area (Å²) >= 11 is 0. The number of carbonyl (C=O) groups excluding carboxylic acids is 1. The Labute approximate surface area is 129 Å². The van der Waals surface area contributed by atoms with E-state index in [1.54, 1.807) is 13.0 Å². The Hall–Kier alpha value is -2.40. The summed E-state index contributed by atoms with van der Waals surface area (Å²) in [6.45, 7) is 1.79. The van der Waals surface area contributed by atoms with Gasteiger partial charge < -0.3 is 9.84 Å². The van der Waals surface area contributed by atoms with Gasteiger partial charge >= 0.3 is 0 Å². The predicted octanol–water partition coefficient (Wildman–Crippen LogP) is 2.97. The van der Waals surface area contributed by atoms with Gasteiger partial charge in [0, 0.05) is 12.1 Å². The zero-order chi connectivity index (χ0) is 15.4. The highest BCUT2D eigenvalue weighted by atomic mass is 16.5. The Bertz CT molecular complexity index is 656. The van der Waals surface area contributed by atoms with Crippen molar-refractivity contribution in [3.05, 3.63) is 59.9 Å². The number of anilines is 1. The number of aromatic nitrogens is 1. The molecule has 0 aliphatic heterocycles. The van der Waals surface area contributed by atoms with E-state index < -0.39 is 6.04 Å². The quantitative estimate of drug-likeness (QED) is 0.833. The molecule has 1 heterocycles. The first-order valence-electron chi connectivity index (χ1n) is 7.42. The molecule has 0 saturated carbocycles. The molecule has 1 amide bonds. The average Bonchev–Trinajstić information content (AvgIpc) is 3.17. The fourth-order valence-electron chi connectivity index (χ4n) is 2.58. The summed E-state index contributed by atoms with van der Waals surface area (Å²) in [6, 6.07) is 11.3. The lowest BCUT2D eigenvalue weighted by molar-refractivity contribution is -0.118. The van der Waals surface area contributed by atoms with Gasteiger partial charge in [-0.3, -0.25) is 10.1 Å². The summed E-state index contributed by atoms with van der Waals surface area (Å²) < 4.78 is 4.99. The molecule has 0 saturated heterocycles. The fourth-order valence-corrected chi connectivity index (χ4v) is 2.58. The number of amides is 1. The van der Waals surface area contributed by atoms with E-state index in [2.05, 4.69) is 27.9 Å². The zero-order valence-corrected chi connectivity index (χ0v) is 12.5. The van der Waals surface area contributed by atoms with Gasteiger partial charge in [-0.1, -0.05) is 47.6 Å². The minimum absolute atomic E-state index is 0.133. The van der Waals surface area contributed by atoms with Crippen molar-refractivity contribution in [2.75, 3.05) is 5.32 Å². The first-order chi connectivity index (χ1) is 10.7. The van der Waals surface area contributed by atoms with Crippen molar-refractivity contribution in [2.24, 2.45) is 0 Å². The summed E-state index contributed by atoms with van der Waals surface area (Å²) in [4.78, 5) is 12.6. The van der Waals surface area contributed by atoms with Crippen molar-refractivity contribution in [2.45, 2.75) is 31.8 Å². The van der Waals surface area contributed by atoms with E-state index in [1.807, 2.05) is 30.3 Å². The van der Waals surface area contributed by atoms with Gasteiger partial charge in [-0.15, -0.1) is 0 Å². The lowest BCUT2D eigenvalue weighted by atomic mass is 10.0. The molecule has 22 heavy (non-hydrogen) atoms. The second-order valence-corrected chi connectivity index (χ2v) is 5.46. The molecular weight excluding hydrogens is 278 g/mol. The van der Waals surface area contributed by atoms with Gasteiger partial charge in [0.25, 0.3) is 0 Å². The first-order valence-corrected chi connectivity index (χ1v) is 7.42. The molecule has 0 spiro atoms. The van der Waals surface area contributed by atoms with E-state index in [4.69, 9.17) is 4.52 Å². The summed E-state index contributed by atoms with van der Waals surface area (Å²) in [7, 11) is 0. The number of hydrogen-bond acceptors (Lipinski definition) is 4. The van der Waals surface area contributed by atoms with Crippen LogP contribution in [0.4, 0.5) is 5.82 Å². The van der Waals surface area contributed by atoms with Crippen molar-refractivity contribution in [1.82, 2.24) is 10.5 Å². The Morgan fingerprint density at radius 3 is 2.64 bits per heavy atom. The van der Waals surface area contributed by atoms with Crippen molar-refractivity contribution < 1.29 is 9.32 Å². The van der Waals surface area contributed by atoms with Crippen LogP contribution in [-0.4, -0.2) is 17.1 Å². The molecule has 0 bridgehead atoms. The molecule has 1 aromatic heterocycles. The van der Waals surface area contributed by atoms with Crippen LogP contribution < -0.4 is 10.6 Å². The van der Waals surface area contributed by atoms with Gasteiger partial charge in [-0.25, -0.2) is 0 Å². The summed E-state index contributed by atoms with van der Waals surface area (Å²) in [5.74, 6) is 0.973. The lowest BCUT2D eigenvalue weighted by Crippen LogP contribution is -2.38. The third kappa shape index (κ3) is 3.43. The smallest absolute Gasteiger partial charge is 0.247 e. The van der Waals surface area contributed by atoms with Crippen LogP contribution in [-0.2, 0) is 4.79 Å². The van der Waals surface area contributed by atoms with E-state index in [0.717, 1.165) is 18.4 Å². The summed E-state index contributed by atoms with van der Waals surface area (Å²) in [6.07, 6.45) is 6.16. The maximum absolute atomic E-state index is 12.6. The summed E-state index contributed by atoms with van der Waals surface area (Å²) in [5, 5.41) is 10.1. The molecule has 5 heteroatoms. The zero-order valence-electron chi connectivity index (χ0n) is 12.5. The third-order valence-corrected chi connectivity index (χ3v) is 3.68. The highest BCUT2D eigenvalue weighted by Crippen LogP contribution is 2.20. The van der Waals surface area contributed by atoms with Crippen LogP contribution in [0.3, 0.4) is 0 Å². The minimum atomic E-state index is -0.414. The van der Waals surface area contributed by atoms with Gasteiger partial charge in [-0.2, -0.15) is 0 Å². The monoisotopic (exact) mass is 297 g/mol. The Morgan fingerprint density at radius 1 is 1.27 bits per heavy atom. The van der Waals surface area contributed by atoms with Crippen LogP contribution in [0.25, 0.3) is 0 Å². The molecule has 5 nitrogen and oxygen atoms in total. The first kappa shape index (κ1) is 14.5. The predicted molar refractivity (Wildman–Crippen MR) is 84.4 cm³/mol. The van der Waals surface area contributed by atoms with E-state index in [9.17, 15) is 4.79 Å². The number of nitrogens with one attached hydrogen (secondary N) is 2. The van der Waals surface area contributed by atoms with Crippen molar-refractivity contribution in [1.29, 1.82) is 0 Å². The van der Waals surface area contributed by atoms with E-state index in [-0.39, 0.29) is 11.9 Å². The van der Waals surface area contributed by atoms with Gasteiger partial charge in [0.15, 0.2) is 5.82 Å². The van der Waals surface area contributed by atoms with Crippen LogP contribution in [0.2, 0.25) is 0 Å². The number of nitrogens with zero attached hydrogens (tertiary/aromatic N) is 1. The largest absolute Gasteiger partial charge is 0.360 e. The molecule has 1 atom stereocenters. The molecule has 0 fully saturated rings. The van der Waals surface area contributed by atoms with E-state index in [1.165, 1.54) is 0 Å². The van der Waals surface area contributed by atoms with Crippen LogP contribution in [0, 0.1) is 6.92 Å². The van der Waals surface area contributed by atoms with Gasteiger partial charge in [0.2, 0.25) is 5.91 Å². The Morgan fingerprint density at radius 2 is 2.00 bits per heavy atom. The molecule has 0 radical (unpaired) electrons. The summed E-state index contributed by atoms with van der Waals surface area (Å²) in [5.41, 5.74) is 0.937. The molecule has 1 unspecified atom stereocenters. The third-order valence-electron chi connectivity index (χ3n) is 3.68. The van der Waals surface area contributed by atoms with Gasteiger partial charge in [0.05, 0.1) is 0 Å².